The van der Waals surface area contributed by atoms with Crippen molar-refractivity contribution in [3.8, 4) is 5.75 Å². The van der Waals surface area contributed by atoms with Crippen molar-refractivity contribution in [3.63, 3.8) is 0 Å². The molecule has 1 amide bonds. The quantitative estimate of drug-likeness (QED) is 0.794. The molecule has 0 aliphatic heterocycles. The number of hydrogen-bond acceptors (Lipinski definition) is 4. The van der Waals surface area contributed by atoms with Gasteiger partial charge in [-0.05, 0) is 42.8 Å². The minimum atomic E-state index is -1.04. The smallest absolute Gasteiger partial charge is 0.311 e. The molecule has 0 aliphatic carbocycles. The lowest BCUT2D eigenvalue weighted by atomic mass is 10.1. The largest absolute Gasteiger partial charge is 0.495 e. The molecule has 2 aromatic rings. The normalized spacial score (nSPS) is 11.5. The van der Waals surface area contributed by atoms with Crippen LogP contribution >= 0.6 is 11.6 Å². The fourth-order valence-electron chi connectivity index (χ4n) is 2.12. The van der Waals surface area contributed by atoms with Gasteiger partial charge in [-0.3, -0.25) is 9.59 Å². The standard InChI is InChI=1S/C18H17ClFNO4/c1-11(25-17(22)9-12-4-3-5-14(20)8-12)18(23)21-15-10-13(19)6-7-16(15)24-2/h3-8,10-11H,9H2,1-2H3,(H,21,23)/t11-/m1/s1. The third-order valence-corrected chi connectivity index (χ3v) is 3.57. The highest BCUT2D eigenvalue weighted by Gasteiger charge is 2.19. The molecule has 0 saturated heterocycles. The van der Waals surface area contributed by atoms with Gasteiger partial charge in [0.25, 0.3) is 5.91 Å². The van der Waals surface area contributed by atoms with E-state index in [-0.39, 0.29) is 6.42 Å². The van der Waals surface area contributed by atoms with Gasteiger partial charge >= 0.3 is 5.97 Å². The van der Waals surface area contributed by atoms with Gasteiger partial charge in [-0.2, -0.15) is 0 Å². The Morgan fingerprint density at radius 1 is 1.24 bits per heavy atom. The average Bonchev–Trinajstić information content (AvgIpc) is 2.54. The van der Waals surface area contributed by atoms with Crippen LogP contribution in [0.1, 0.15) is 12.5 Å². The van der Waals surface area contributed by atoms with E-state index in [4.69, 9.17) is 21.1 Å². The molecule has 0 unspecified atom stereocenters. The summed E-state index contributed by atoms with van der Waals surface area (Å²) >= 11 is 5.90. The van der Waals surface area contributed by atoms with E-state index in [2.05, 4.69) is 5.32 Å². The third-order valence-electron chi connectivity index (χ3n) is 3.33. The zero-order chi connectivity index (χ0) is 18.4. The van der Waals surface area contributed by atoms with E-state index < -0.39 is 23.8 Å². The molecule has 0 bridgehead atoms. The van der Waals surface area contributed by atoms with E-state index in [1.54, 1.807) is 18.2 Å². The van der Waals surface area contributed by atoms with E-state index in [1.165, 1.54) is 38.3 Å². The van der Waals surface area contributed by atoms with E-state index in [0.717, 1.165) is 0 Å². The van der Waals surface area contributed by atoms with E-state index in [1.807, 2.05) is 0 Å². The Balaban J connectivity index is 1.96. The maximum absolute atomic E-state index is 13.1. The Labute approximate surface area is 149 Å². The number of hydrogen-bond donors (Lipinski definition) is 1. The molecule has 0 aromatic heterocycles. The van der Waals surface area contributed by atoms with Crippen LogP contribution in [0.4, 0.5) is 10.1 Å². The predicted octanol–water partition coefficient (Wildman–Crippen LogP) is 3.60. The predicted molar refractivity (Wildman–Crippen MR) is 92.3 cm³/mol. The van der Waals surface area contributed by atoms with Gasteiger partial charge in [-0.15, -0.1) is 0 Å². The van der Waals surface area contributed by atoms with E-state index in [9.17, 15) is 14.0 Å². The molecule has 25 heavy (non-hydrogen) atoms. The van der Waals surface area contributed by atoms with Crippen molar-refractivity contribution in [2.45, 2.75) is 19.4 Å². The lowest BCUT2D eigenvalue weighted by Crippen LogP contribution is -2.30. The molecule has 0 spiro atoms. The van der Waals surface area contributed by atoms with Crippen LogP contribution in [0.2, 0.25) is 5.02 Å². The van der Waals surface area contributed by atoms with Gasteiger partial charge in [0.15, 0.2) is 6.10 Å². The van der Waals surface area contributed by atoms with Crippen molar-refractivity contribution < 1.29 is 23.5 Å². The fourth-order valence-corrected chi connectivity index (χ4v) is 2.29. The Kier molecular flexibility index (Phi) is 6.36. The van der Waals surface area contributed by atoms with Crippen molar-refractivity contribution in [3.05, 3.63) is 58.9 Å². The topological polar surface area (TPSA) is 64.6 Å². The highest BCUT2D eigenvalue weighted by atomic mass is 35.5. The van der Waals surface area contributed by atoms with Crippen molar-refractivity contribution in [1.82, 2.24) is 0 Å². The second kappa shape index (κ2) is 8.48. The SMILES string of the molecule is COc1ccc(Cl)cc1NC(=O)[C@@H](C)OC(=O)Cc1cccc(F)c1. The summed E-state index contributed by atoms with van der Waals surface area (Å²) < 4.78 is 23.3. The molecule has 5 nitrogen and oxygen atoms in total. The summed E-state index contributed by atoms with van der Waals surface area (Å²) in [6, 6.07) is 10.4. The number of rotatable bonds is 6. The number of esters is 1. The highest BCUT2D eigenvalue weighted by Crippen LogP contribution is 2.27. The maximum Gasteiger partial charge on any atom is 0.311 e. The lowest BCUT2D eigenvalue weighted by Gasteiger charge is -2.15. The third kappa shape index (κ3) is 5.46. The number of carbonyl (C=O) groups is 2. The Morgan fingerprint density at radius 2 is 2.00 bits per heavy atom. The Morgan fingerprint density at radius 3 is 2.68 bits per heavy atom. The van der Waals surface area contributed by atoms with Crippen LogP contribution in [-0.4, -0.2) is 25.1 Å². The molecule has 2 aromatic carbocycles. The number of benzene rings is 2. The Hall–Kier alpha value is -2.60. The van der Waals surface area contributed by atoms with Gasteiger partial charge in [-0.25, -0.2) is 4.39 Å². The fraction of sp³-hybridized carbons (Fsp3) is 0.222. The molecule has 0 saturated carbocycles. The number of carbonyl (C=O) groups excluding carboxylic acids is 2. The monoisotopic (exact) mass is 365 g/mol. The van der Waals surface area contributed by atoms with Crippen LogP contribution < -0.4 is 10.1 Å². The summed E-state index contributed by atoms with van der Waals surface area (Å²) in [5.74, 6) is -1.18. The molecule has 7 heteroatoms. The van der Waals surface area contributed by atoms with Crippen LogP contribution in [0.5, 0.6) is 5.75 Å². The molecular formula is C18H17ClFNO4. The first-order valence-corrected chi connectivity index (χ1v) is 7.85. The second-order valence-corrected chi connectivity index (χ2v) is 5.71. The van der Waals surface area contributed by atoms with Gasteiger partial charge in [0, 0.05) is 5.02 Å². The van der Waals surface area contributed by atoms with Crippen molar-refractivity contribution >= 4 is 29.2 Å². The molecule has 0 aliphatic rings. The van der Waals surface area contributed by atoms with Crippen molar-refractivity contribution in [2.75, 3.05) is 12.4 Å². The van der Waals surface area contributed by atoms with Gasteiger partial charge in [0.1, 0.15) is 11.6 Å². The highest BCUT2D eigenvalue weighted by molar-refractivity contribution is 6.31. The summed E-state index contributed by atoms with van der Waals surface area (Å²) in [6.45, 7) is 1.44. The van der Waals surface area contributed by atoms with Crippen LogP contribution in [0, 0.1) is 5.82 Å². The van der Waals surface area contributed by atoms with Gasteiger partial charge in [0.05, 0.1) is 19.2 Å². The van der Waals surface area contributed by atoms with Crippen LogP contribution in [0.3, 0.4) is 0 Å². The zero-order valence-electron chi connectivity index (χ0n) is 13.7. The summed E-state index contributed by atoms with van der Waals surface area (Å²) in [6.07, 6.45) is -1.17. The summed E-state index contributed by atoms with van der Waals surface area (Å²) in [4.78, 5) is 24.1. The number of anilines is 1. The van der Waals surface area contributed by atoms with Crippen LogP contribution in [0.15, 0.2) is 42.5 Å². The molecule has 0 fully saturated rings. The Bertz CT molecular complexity index is 781. The van der Waals surface area contributed by atoms with Gasteiger partial charge in [0.2, 0.25) is 0 Å². The first kappa shape index (κ1) is 18.7. The van der Waals surface area contributed by atoms with E-state index in [0.29, 0.717) is 22.0 Å². The minimum absolute atomic E-state index is 0.129. The first-order valence-electron chi connectivity index (χ1n) is 7.47. The van der Waals surface area contributed by atoms with Crippen LogP contribution in [0.25, 0.3) is 0 Å². The average molecular weight is 366 g/mol. The summed E-state index contributed by atoms with van der Waals surface area (Å²) in [7, 11) is 1.46. The van der Waals surface area contributed by atoms with Crippen molar-refractivity contribution in [2.24, 2.45) is 0 Å². The molecule has 1 N–H and O–H groups in total. The lowest BCUT2D eigenvalue weighted by molar-refractivity contribution is -0.152. The van der Waals surface area contributed by atoms with Gasteiger partial charge in [-0.1, -0.05) is 23.7 Å². The first-order chi connectivity index (χ1) is 11.9. The summed E-state index contributed by atoms with van der Waals surface area (Å²) in [5, 5.41) is 3.02. The number of ether oxygens (including phenoxy) is 2. The van der Waals surface area contributed by atoms with Crippen LogP contribution in [-0.2, 0) is 20.7 Å². The maximum atomic E-state index is 13.1. The van der Waals surface area contributed by atoms with Gasteiger partial charge < -0.3 is 14.8 Å². The molecule has 0 radical (unpaired) electrons. The summed E-state index contributed by atoms with van der Waals surface area (Å²) in [5.41, 5.74) is 0.835. The zero-order valence-corrected chi connectivity index (χ0v) is 14.5. The molecule has 1 atom stereocenters. The number of methoxy groups -OCH3 is 1. The number of halogens is 2. The van der Waals surface area contributed by atoms with E-state index >= 15 is 0 Å². The molecular weight excluding hydrogens is 349 g/mol. The van der Waals surface area contributed by atoms with Crippen molar-refractivity contribution in [1.29, 1.82) is 0 Å². The minimum Gasteiger partial charge on any atom is -0.495 e. The molecule has 132 valence electrons. The molecule has 0 heterocycles. The second-order valence-electron chi connectivity index (χ2n) is 5.27. The molecule has 2 rings (SSSR count). The number of nitrogens with one attached hydrogen (secondary N) is 1. The number of amides is 1.